The first kappa shape index (κ1) is 18.0. The van der Waals surface area contributed by atoms with Crippen molar-refractivity contribution in [3.63, 3.8) is 0 Å². The van der Waals surface area contributed by atoms with Gasteiger partial charge in [-0.05, 0) is 0 Å². The van der Waals surface area contributed by atoms with Gasteiger partial charge in [0.1, 0.15) is 0 Å². The summed E-state index contributed by atoms with van der Waals surface area (Å²) in [4.78, 5) is 12.2. The fourth-order valence-electron chi connectivity index (χ4n) is 3.95. The second-order valence-corrected chi connectivity index (χ2v) is 11.0. The molecule has 0 aliphatic carbocycles. The van der Waals surface area contributed by atoms with Gasteiger partial charge in [-0.3, -0.25) is 0 Å². The van der Waals surface area contributed by atoms with Crippen LogP contribution in [0.1, 0.15) is 0 Å². The molecule has 0 spiro atoms. The summed E-state index contributed by atoms with van der Waals surface area (Å²) < 4.78 is 0. The van der Waals surface area contributed by atoms with Crippen LogP contribution in [-0.4, -0.2) is 16.6 Å². The Labute approximate surface area is 164 Å². The predicted molar refractivity (Wildman–Crippen MR) is 116 cm³/mol. The molecule has 28 heavy (non-hydrogen) atoms. The molecule has 138 valence electrons. The van der Waals surface area contributed by atoms with Crippen molar-refractivity contribution in [2.24, 2.45) is 0 Å². The molecule has 0 aliphatic heterocycles. The van der Waals surface area contributed by atoms with Crippen LogP contribution in [0.5, 0.6) is 0 Å². The van der Waals surface area contributed by atoms with Gasteiger partial charge in [0.2, 0.25) is 0 Å². The first-order valence-corrected chi connectivity index (χ1v) is 11.2. The Bertz CT molecular complexity index is 889. The van der Waals surface area contributed by atoms with Gasteiger partial charge in [-0.25, -0.2) is 0 Å². The third-order valence-electron chi connectivity index (χ3n) is 5.15. The molecule has 3 aromatic carbocycles. The quantitative estimate of drug-likeness (QED) is 0.409. The first-order chi connectivity index (χ1) is 13.8. The molecule has 4 rings (SSSR count). The molecule has 1 aromatic heterocycles. The van der Waals surface area contributed by atoms with Gasteiger partial charge in [-0.15, -0.1) is 0 Å². The van der Waals surface area contributed by atoms with E-state index in [4.69, 9.17) is 0 Å². The number of rotatable bonds is 6. The van der Waals surface area contributed by atoms with Crippen molar-refractivity contribution in [3.8, 4) is 0 Å². The second kappa shape index (κ2) is 7.34. The molecule has 0 unspecified atom stereocenters. The molecule has 0 radical (unpaired) electrons. The zero-order valence-corrected chi connectivity index (χ0v) is 16.1. The number of amides is 1. The monoisotopic (exact) mass is 385 g/mol. The number of hydrogen-bond donors (Lipinski definition) is 1. The molecule has 1 amide bonds. The van der Waals surface area contributed by atoms with Crippen molar-refractivity contribution < 1.29 is 4.79 Å². The van der Waals surface area contributed by atoms with Crippen molar-refractivity contribution in [1.82, 2.24) is 15.3 Å². The fourth-order valence-corrected chi connectivity index (χ4v) is 9.35. The van der Waals surface area contributed by atoms with Gasteiger partial charge in [-0.2, -0.15) is 0 Å². The number of benzene rings is 3. The van der Waals surface area contributed by atoms with E-state index in [0.717, 1.165) is 27.8 Å². The Morgan fingerprint density at radius 1 is 0.643 bits per heavy atom. The van der Waals surface area contributed by atoms with Crippen molar-refractivity contribution in [1.29, 1.82) is 0 Å². The zero-order chi connectivity index (χ0) is 19.3. The molecular weight excluding hydrogens is 365 g/mol. The molecular formula is C23H20N3OP. The molecule has 0 saturated carbocycles. The van der Waals surface area contributed by atoms with E-state index in [9.17, 15) is 4.79 Å². The van der Waals surface area contributed by atoms with Gasteiger partial charge in [-0.1, -0.05) is 0 Å². The Hall–Kier alpha value is -3.36. The maximum atomic E-state index is 12.2. The van der Waals surface area contributed by atoms with Crippen LogP contribution in [0.3, 0.4) is 0 Å². The summed E-state index contributed by atoms with van der Waals surface area (Å²) in [6.07, 6.45) is 2.44. The van der Waals surface area contributed by atoms with Crippen molar-refractivity contribution >= 4 is 34.5 Å². The summed E-state index contributed by atoms with van der Waals surface area (Å²) in [5.41, 5.74) is 0.740. The van der Waals surface area contributed by atoms with Gasteiger partial charge in [0.25, 0.3) is 0 Å². The number of carbonyl (C=O) groups is 1. The molecule has 4 nitrogen and oxygen atoms in total. The third-order valence-corrected chi connectivity index (χ3v) is 10.9. The third kappa shape index (κ3) is 2.46. The van der Waals surface area contributed by atoms with E-state index < -0.39 is 6.75 Å². The summed E-state index contributed by atoms with van der Waals surface area (Å²) in [5, 5.41) is 15.1. The first-order valence-electron chi connectivity index (χ1n) is 9.01. The van der Waals surface area contributed by atoms with E-state index in [1.165, 1.54) is 0 Å². The minimum atomic E-state index is -3.66. The van der Waals surface area contributed by atoms with Gasteiger partial charge < -0.3 is 0 Å². The molecule has 1 N–H and O–H groups in total. The Kier molecular flexibility index (Phi) is 4.72. The standard InChI is InChI=1S/C23H20N3OP/c27-19-25-28(20-11-4-1-5-12-20,21-13-6-2-7-14-21,22-15-8-3-9-16-22)23-17-10-18-24-26-23/h1-19H,(H,25,27). The van der Waals surface area contributed by atoms with Crippen LogP contribution in [0.4, 0.5) is 0 Å². The normalized spacial score (nSPS) is 12.5. The van der Waals surface area contributed by atoms with E-state index in [1.54, 1.807) is 6.20 Å². The molecule has 0 bridgehead atoms. The van der Waals surface area contributed by atoms with Crippen LogP contribution in [0.25, 0.3) is 0 Å². The van der Waals surface area contributed by atoms with Crippen molar-refractivity contribution in [2.75, 3.05) is 0 Å². The number of nitrogens with zero attached hydrogens (tertiary/aromatic N) is 2. The Morgan fingerprint density at radius 2 is 1.11 bits per heavy atom. The molecule has 1 heterocycles. The van der Waals surface area contributed by atoms with E-state index in [0.29, 0.717) is 0 Å². The van der Waals surface area contributed by atoms with Crippen LogP contribution in [0.2, 0.25) is 0 Å². The van der Waals surface area contributed by atoms with E-state index in [-0.39, 0.29) is 0 Å². The molecule has 5 heteroatoms. The van der Waals surface area contributed by atoms with Gasteiger partial charge in [0, 0.05) is 0 Å². The van der Waals surface area contributed by atoms with Crippen molar-refractivity contribution in [2.45, 2.75) is 0 Å². The van der Waals surface area contributed by atoms with Crippen molar-refractivity contribution in [3.05, 3.63) is 109 Å². The summed E-state index contributed by atoms with van der Waals surface area (Å²) in [5.74, 6) is 0. The molecule has 0 atom stereocenters. The summed E-state index contributed by atoms with van der Waals surface area (Å²) in [6.45, 7) is -3.66. The molecule has 0 saturated heterocycles. The molecule has 0 aliphatic rings. The van der Waals surface area contributed by atoms with E-state index >= 15 is 0 Å². The summed E-state index contributed by atoms with van der Waals surface area (Å²) >= 11 is 0. The van der Waals surface area contributed by atoms with Crippen LogP contribution in [0.15, 0.2) is 109 Å². The van der Waals surface area contributed by atoms with Crippen LogP contribution in [0, 0.1) is 0 Å². The number of carbonyl (C=O) groups excluding carboxylic acids is 1. The Morgan fingerprint density at radius 3 is 1.46 bits per heavy atom. The fraction of sp³-hybridized carbons (Fsp3) is 0. The van der Waals surface area contributed by atoms with Crippen LogP contribution >= 0.6 is 6.75 Å². The van der Waals surface area contributed by atoms with E-state index in [2.05, 4.69) is 51.7 Å². The minimum absolute atomic E-state index is 0.740. The average molecular weight is 385 g/mol. The average Bonchev–Trinajstić information content (AvgIpc) is 2.80. The topological polar surface area (TPSA) is 54.9 Å². The van der Waals surface area contributed by atoms with Crippen LogP contribution < -0.4 is 26.4 Å². The SMILES string of the molecule is O=CNP(c1ccccc1)(c1ccccc1)(c1ccccc1)c1cccnn1. The second-order valence-electron chi connectivity index (χ2n) is 6.45. The molecule has 0 fully saturated rings. The predicted octanol–water partition coefficient (Wildman–Crippen LogP) is 2.29. The van der Waals surface area contributed by atoms with E-state index in [1.807, 2.05) is 66.7 Å². The van der Waals surface area contributed by atoms with Gasteiger partial charge >= 0.3 is 164 Å². The van der Waals surface area contributed by atoms with Gasteiger partial charge in [0.05, 0.1) is 0 Å². The number of aromatic nitrogens is 2. The maximum absolute atomic E-state index is 12.2. The summed E-state index contributed by atoms with van der Waals surface area (Å²) in [6, 6.07) is 34.0. The zero-order valence-electron chi connectivity index (χ0n) is 15.2. The number of hydrogen-bond acceptors (Lipinski definition) is 3. The Balaban J connectivity index is 2.30. The van der Waals surface area contributed by atoms with Gasteiger partial charge in [0.15, 0.2) is 0 Å². The van der Waals surface area contributed by atoms with Crippen LogP contribution in [-0.2, 0) is 4.79 Å². The molecule has 4 aromatic rings. The summed E-state index contributed by atoms with van der Waals surface area (Å²) in [7, 11) is 0. The number of nitrogens with one attached hydrogen (secondary N) is 1.